The number of amides is 2. The number of carbonyl (C=O) groups is 2. The molecule has 116 valence electrons. The number of hydrogen-bond acceptors (Lipinski definition) is 3. The van der Waals surface area contributed by atoms with Gasteiger partial charge in [-0.25, -0.2) is 9.59 Å². The number of aliphatic carboxylic acids is 1. The van der Waals surface area contributed by atoms with Crippen LogP contribution in [0, 0.1) is 11.8 Å². The second-order valence-corrected chi connectivity index (χ2v) is 6.02. The van der Waals surface area contributed by atoms with E-state index in [0.717, 1.165) is 6.42 Å². The molecule has 0 radical (unpaired) electrons. The molecule has 1 aromatic heterocycles. The maximum Gasteiger partial charge on any atom is 0.331 e. The molecule has 1 saturated heterocycles. The Morgan fingerprint density at radius 3 is 2.48 bits per heavy atom. The topological polar surface area (TPSA) is 87.5 Å². The number of likely N-dealkylation sites (tertiary alicyclic amines) is 1. The van der Waals surface area contributed by atoms with Crippen molar-refractivity contribution >= 4 is 12.0 Å². The van der Waals surface area contributed by atoms with E-state index < -0.39 is 12.0 Å². The molecular formula is C14H22N4O3. The van der Waals surface area contributed by atoms with E-state index in [1.165, 1.54) is 10.9 Å². The summed E-state index contributed by atoms with van der Waals surface area (Å²) in [5.74, 6) is -0.225. The molecular weight excluding hydrogens is 272 g/mol. The van der Waals surface area contributed by atoms with Crippen LogP contribution in [0.15, 0.2) is 12.4 Å². The Kier molecular flexibility index (Phi) is 4.50. The van der Waals surface area contributed by atoms with Crippen LogP contribution >= 0.6 is 0 Å². The molecule has 2 N–H and O–H groups in total. The summed E-state index contributed by atoms with van der Waals surface area (Å²) in [7, 11) is 1.71. The van der Waals surface area contributed by atoms with E-state index in [2.05, 4.69) is 24.3 Å². The van der Waals surface area contributed by atoms with Gasteiger partial charge in [-0.3, -0.25) is 4.68 Å². The molecule has 0 aromatic carbocycles. The molecule has 0 bridgehead atoms. The zero-order valence-corrected chi connectivity index (χ0v) is 12.6. The first-order valence-electron chi connectivity index (χ1n) is 7.13. The minimum Gasteiger partial charge on any atom is -0.479 e. The van der Waals surface area contributed by atoms with E-state index in [1.54, 1.807) is 18.1 Å². The first kappa shape index (κ1) is 15.3. The number of carboxylic acids is 1. The lowest BCUT2D eigenvalue weighted by Gasteiger charge is -2.35. The van der Waals surface area contributed by atoms with Gasteiger partial charge in [-0.1, -0.05) is 13.8 Å². The summed E-state index contributed by atoms with van der Waals surface area (Å²) in [6, 6.07) is -1.40. The molecule has 2 amide bonds. The molecule has 7 nitrogen and oxygen atoms in total. The Bertz CT molecular complexity index is 518. The quantitative estimate of drug-likeness (QED) is 0.878. The lowest BCUT2D eigenvalue weighted by Crippen LogP contribution is -2.49. The number of carbonyl (C=O) groups excluding carboxylic acids is 1. The highest BCUT2D eigenvalue weighted by Crippen LogP contribution is 2.21. The molecule has 1 aliphatic heterocycles. The largest absolute Gasteiger partial charge is 0.479 e. The number of aryl methyl sites for hydroxylation is 1. The summed E-state index contributed by atoms with van der Waals surface area (Å²) in [5.41, 5.74) is 0.469. The fraction of sp³-hybridized carbons (Fsp3) is 0.643. The smallest absolute Gasteiger partial charge is 0.331 e. The molecule has 0 saturated carbocycles. The van der Waals surface area contributed by atoms with Crippen LogP contribution in [-0.2, 0) is 11.8 Å². The monoisotopic (exact) mass is 294 g/mol. The predicted molar refractivity (Wildman–Crippen MR) is 76.6 cm³/mol. The van der Waals surface area contributed by atoms with Crippen LogP contribution in [0.4, 0.5) is 4.79 Å². The number of nitrogens with zero attached hydrogens (tertiary/aromatic N) is 3. The van der Waals surface area contributed by atoms with Crippen molar-refractivity contribution in [2.45, 2.75) is 26.3 Å². The van der Waals surface area contributed by atoms with Gasteiger partial charge >= 0.3 is 12.0 Å². The van der Waals surface area contributed by atoms with Crippen LogP contribution in [0.2, 0.25) is 0 Å². The van der Waals surface area contributed by atoms with E-state index in [4.69, 9.17) is 0 Å². The molecule has 2 rings (SSSR count). The van der Waals surface area contributed by atoms with Gasteiger partial charge in [0.2, 0.25) is 0 Å². The van der Waals surface area contributed by atoms with Crippen molar-refractivity contribution in [3.05, 3.63) is 18.0 Å². The summed E-state index contributed by atoms with van der Waals surface area (Å²) >= 11 is 0. The normalized spacial score (nSPS) is 23.7. The molecule has 3 atom stereocenters. The molecule has 1 aliphatic rings. The lowest BCUT2D eigenvalue weighted by atomic mass is 9.92. The Morgan fingerprint density at radius 1 is 1.38 bits per heavy atom. The first-order valence-corrected chi connectivity index (χ1v) is 7.13. The molecule has 1 aromatic rings. The third kappa shape index (κ3) is 3.74. The molecule has 7 heteroatoms. The average molecular weight is 294 g/mol. The predicted octanol–water partition coefficient (Wildman–Crippen LogP) is 1.23. The molecule has 3 unspecified atom stereocenters. The van der Waals surface area contributed by atoms with Crippen molar-refractivity contribution in [2.75, 3.05) is 13.1 Å². The highest BCUT2D eigenvalue weighted by atomic mass is 16.4. The lowest BCUT2D eigenvalue weighted by molar-refractivity contribution is -0.139. The molecule has 21 heavy (non-hydrogen) atoms. The average Bonchev–Trinajstić information content (AvgIpc) is 2.80. The summed E-state index contributed by atoms with van der Waals surface area (Å²) in [6.45, 7) is 5.53. The Labute approximate surface area is 123 Å². The maximum atomic E-state index is 12.3. The van der Waals surface area contributed by atoms with Gasteiger partial charge in [0.05, 0.1) is 6.20 Å². The van der Waals surface area contributed by atoms with Gasteiger partial charge in [0.25, 0.3) is 0 Å². The summed E-state index contributed by atoms with van der Waals surface area (Å²) in [4.78, 5) is 25.4. The molecule has 1 fully saturated rings. The van der Waals surface area contributed by atoms with Crippen LogP contribution in [-0.4, -0.2) is 44.9 Å². The SMILES string of the molecule is CC1CC(C)CN(C(=O)NC(C(=O)O)c2cnn(C)c2)C1. The van der Waals surface area contributed by atoms with E-state index in [-0.39, 0.29) is 6.03 Å². The Morgan fingerprint density at radius 2 is 2.00 bits per heavy atom. The second-order valence-electron chi connectivity index (χ2n) is 6.02. The molecule has 2 heterocycles. The van der Waals surface area contributed by atoms with Gasteiger partial charge in [-0.2, -0.15) is 5.10 Å². The number of urea groups is 1. The van der Waals surface area contributed by atoms with Crippen LogP contribution in [0.3, 0.4) is 0 Å². The van der Waals surface area contributed by atoms with Crippen molar-refractivity contribution in [1.29, 1.82) is 0 Å². The fourth-order valence-electron chi connectivity index (χ4n) is 2.92. The van der Waals surface area contributed by atoms with Crippen LogP contribution in [0.5, 0.6) is 0 Å². The highest BCUT2D eigenvalue weighted by molar-refractivity contribution is 5.83. The van der Waals surface area contributed by atoms with Crippen LogP contribution in [0.25, 0.3) is 0 Å². The third-order valence-electron chi connectivity index (χ3n) is 3.73. The molecule has 0 spiro atoms. The van der Waals surface area contributed by atoms with Gasteiger partial charge in [0.1, 0.15) is 0 Å². The number of carboxylic acid groups (broad SMARTS) is 1. The van der Waals surface area contributed by atoms with Gasteiger partial charge in [-0.15, -0.1) is 0 Å². The van der Waals surface area contributed by atoms with Gasteiger partial charge in [0, 0.05) is 31.9 Å². The first-order chi connectivity index (χ1) is 9.86. The second kappa shape index (κ2) is 6.15. The van der Waals surface area contributed by atoms with Crippen molar-refractivity contribution in [3.63, 3.8) is 0 Å². The van der Waals surface area contributed by atoms with Crippen LogP contribution in [0.1, 0.15) is 31.9 Å². The summed E-state index contributed by atoms with van der Waals surface area (Å²) in [5, 5.41) is 15.9. The Balaban J connectivity index is 2.06. The van der Waals surface area contributed by atoms with E-state index in [9.17, 15) is 14.7 Å². The minimum atomic E-state index is -1.09. The zero-order chi connectivity index (χ0) is 15.6. The van der Waals surface area contributed by atoms with Crippen LogP contribution < -0.4 is 5.32 Å². The zero-order valence-electron chi connectivity index (χ0n) is 12.6. The van der Waals surface area contributed by atoms with Gasteiger partial charge in [-0.05, 0) is 18.3 Å². The highest BCUT2D eigenvalue weighted by Gasteiger charge is 2.29. The van der Waals surface area contributed by atoms with Crippen molar-refractivity contribution in [2.24, 2.45) is 18.9 Å². The van der Waals surface area contributed by atoms with Crippen molar-refractivity contribution in [1.82, 2.24) is 20.0 Å². The van der Waals surface area contributed by atoms with Crippen molar-refractivity contribution < 1.29 is 14.7 Å². The van der Waals surface area contributed by atoms with E-state index >= 15 is 0 Å². The van der Waals surface area contributed by atoms with Crippen molar-refractivity contribution in [3.8, 4) is 0 Å². The number of hydrogen-bond donors (Lipinski definition) is 2. The molecule has 0 aliphatic carbocycles. The van der Waals surface area contributed by atoms with Gasteiger partial charge < -0.3 is 15.3 Å². The number of aromatic nitrogens is 2. The van der Waals surface area contributed by atoms with Gasteiger partial charge in [0.15, 0.2) is 6.04 Å². The summed E-state index contributed by atoms with van der Waals surface area (Å²) < 4.78 is 1.52. The number of nitrogens with one attached hydrogen (secondary N) is 1. The Hall–Kier alpha value is -2.05. The third-order valence-corrected chi connectivity index (χ3v) is 3.73. The fourth-order valence-corrected chi connectivity index (χ4v) is 2.92. The minimum absolute atomic E-state index is 0.329. The van der Waals surface area contributed by atoms with E-state index in [0.29, 0.717) is 30.5 Å². The maximum absolute atomic E-state index is 12.3. The number of rotatable bonds is 3. The standard InChI is InChI=1S/C14H22N4O3/c1-9-4-10(2)7-18(6-9)14(21)16-12(13(19)20)11-5-15-17(3)8-11/h5,8-10,12H,4,6-7H2,1-3H3,(H,16,21)(H,19,20). The van der Waals surface area contributed by atoms with E-state index in [1.807, 2.05) is 0 Å². The summed E-state index contributed by atoms with van der Waals surface area (Å²) in [6.07, 6.45) is 4.15. The number of piperidine rings is 1.